The van der Waals surface area contributed by atoms with Gasteiger partial charge in [0.15, 0.2) is 11.2 Å². The van der Waals surface area contributed by atoms with E-state index in [2.05, 4.69) is 5.32 Å². The molecule has 1 aliphatic heterocycles. The molecule has 3 atom stereocenters. The molecule has 2 heterocycles. The third-order valence-electron chi connectivity index (χ3n) is 6.36. The van der Waals surface area contributed by atoms with Gasteiger partial charge in [0.2, 0.25) is 6.29 Å². The summed E-state index contributed by atoms with van der Waals surface area (Å²) >= 11 is 0. The first-order valence-corrected chi connectivity index (χ1v) is 12.9. The van der Waals surface area contributed by atoms with E-state index < -0.39 is 18.1 Å². The molecular weight excluding hydrogens is 506 g/mol. The van der Waals surface area contributed by atoms with Crippen LogP contribution < -0.4 is 10.7 Å². The van der Waals surface area contributed by atoms with Crippen LogP contribution in [0, 0.1) is 5.92 Å². The fraction of sp³-hybridized carbons (Fsp3) is 0.379. The van der Waals surface area contributed by atoms with Crippen LogP contribution in [0.5, 0.6) is 5.75 Å². The molecule has 1 amide bonds. The number of nitrogens with one attached hydrogen (secondary N) is 1. The second kappa shape index (κ2) is 13.9. The van der Waals surface area contributed by atoms with Gasteiger partial charge in [0.05, 0.1) is 43.8 Å². The third kappa shape index (κ3) is 7.04. The van der Waals surface area contributed by atoms with E-state index in [0.29, 0.717) is 49.4 Å². The van der Waals surface area contributed by atoms with Crippen LogP contribution in [0.3, 0.4) is 0 Å². The van der Waals surface area contributed by atoms with Crippen LogP contribution >= 0.6 is 0 Å². The number of amides is 1. The van der Waals surface area contributed by atoms with Crippen LogP contribution in [0.4, 0.5) is 5.69 Å². The van der Waals surface area contributed by atoms with Gasteiger partial charge in [-0.2, -0.15) is 0 Å². The normalized spacial score (nSPS) is 18.9. The van der Waals surface area contributed by atoms with E-state index in [1.165, 1.54) is 12.3 Å². The van der Waals surface area contributed by atoms with Gasteiger partial charge in [0.25, 0.3) is 5.91 Å². The number of aliphatic hydroxyl groups is 1. The van der Waals surface area contributed by atoms with Crippen molar-refractivity contribution in [2.24, 2.45) is 5.92 Å². The predicted octanol–water partition coefficient (Wildman–Crippen LogP) is 3.53. The van der Waals surface area contributed by atoms with Gasteiger partial charge in [-0.15, -0.1) is 0 Å². The van der Waals surface area contributed by atoms with E-state index in [0.717, 1.165) is 0 Å². The average molecular weight is 540 g/mol. The molecule has 0 aliphatic carbocycles. The lowest BCUT2D eigenvalue weighted by atomic mass is 9.81. The number of benzene rings is 2. The van der Waals surface area contributed by atoms with Crippen molar-refractivity contribution >= 4 is 22.6 Å². The van der Waals surface area contributed by atoms with Gasteiger partial charge < -0.3 is 38.9 Å². The maximum atomic E-state index is 13.6. The van der Waals surface area contributed by atoms with E-state index >= 15 is 0 Å². The van der Waals surface area contributed by atoms with Crippen molar-refractivity contribution in [3.05, 3.63) is 82.4 Å². The largest absolute Gasteiger partial charge is 0.506 e. The molecule has 3 unspecified atom stereocenters. The minimum absolute atomic E-state index is 0.0381. The third-order valence-corrected chi connectivity index (χ3v) is 6.36. The summed E-state index contributed by atoms with van der Waals surface area (Å²) in [5.41, 5.74) is 0.842. The first kappa shape index (κ1) is 28.3. The number of phenolic OH excluding ortho intramolecular Hbond substituents is 1. The van der Waals surface area contributed by atoms with Gasteiger partial charge in [-0.3, -0.25) is 9.59 Å². The SMILES string of the molecule is CCOC1OC(C(=O)Nc2ccccc2O)=CC(c2coc3ccccc3c2=O)C1CCOCCOCCO. The fourth-order valence-corrected chi connectivity index (χ4v) is 4.49. The van der Waals surface area contributed by atoms with Gasteiger partial charge in [0.1, 0.15) is 11.3 Å². The molecule has 0 fully saturated rings. The molecule has 208 valence electrons. The molecule has 1 aromatic heterocycles. The number of para-hydroxylation sites is 3. The Morgan fingerprint density at radius 3 is 2.54 bits per heavy atom. The number of aromatic hydroxyl groups is 1. The Bertz CT molecular complexity index is 1340. The lowest BCUT2D eigenvalue weighted by Crippen LogP contribution is -2.39. The molecule has 2 aromatic carbocycles. The van der Waals surface area contributed by atoms with E-state index in [9.17, 15) is 14.7 Å². The van der Waals surface area contributed by atoms with E-state index in [4.69, 9.17) is 28.5 Å². The molecule has 0 radical (unpaired) electrons. The molecular formula is C29H33NO9. The maximum Gasteiger partial charge on any atom is 0.290 e. The lowest BCUT2D eigenvalue weighted by molar-refractivity contribution is -0.166. The summed E-state index contributed by atoms with van der Waals surface area (Å²) in [6.45, 7) is 3.30. The Morgan fingerprint density at radius 1 is 1.03 bits per heavy atom. The highest BCUT2D eigenvalue weighted by atomic mass is 16.7. The van der Waals surface area contributed by atoms with Crippen LogP contribution in [-0.4, -0.2) is 62.1 Å². The quantitative estimate of drug-likeness (QED) is 0.220. The monoisotopic (exact) mass is 539 g/mol. The second-order valence-corrected chi connectivity index (χ2v) is 8.89. The first-order chi connectivity index (χ1) is 19.0. The number of hydrogen-bond acceptors (Lipinski definition) is 9. The molecule has 0 bridgehead atoms. The molecule has 1 aliphatic rings. The summed E-state index contributed by atoms with van der Waals surface area (Å²) in [6.07, 6.45) is 2.62. The smallest absolute Gasteiger partial charge is 0.290 e. The van der Waals surface area contributed by atoms with Crippen molar-refractivity contribution in [1.82, 2.24) is 0 Å². The van der Waals surface area contributed by atoms with Gasteiger partial charge >= 0.3 is 0 Å². The van der Waals surface area contributed by atoms with Crippen molar-refractivity contribution in [1.29, 1.82) is 0 Å². The molecule has 3 aromatic rings. The van der Waals surface area contributed by atoms with Crippen LogP contribution in [0.2, 0.25) is 0 Å². The lowest BCUT2D eigenvalue weighted by Gasteiger charge is -2.36. The number of fused-ring (bicyclic) bond motifs is 1. The van der Waals surface area contributed by atoms with Gasteiger partial charge in [0, 0.05) is 30.6 Å². The number of carbonyl (C=O) groups is 1. The number of ether oxygens (including phenoxy) is 4. The summed E-state index contributed by atoms with van der Waals surface area (Å²) in [4.78, 5) is 26.8. The zero-order valence-corrected chi connectivity index (χ0v) is 21.7. The highest BCUT2D eigenvalue weighted by Gasteiger charge is 2.39. The Kier molecular flexibility index (Phi) is 10.1. The summed E-state index contributed by atoms with van der Waals surface area (Å²) < 4.78 is 28.7. The molecule has 3 N–H and O–H groups in total. The van der Waals surface area contributed by atoms with Gasteiger partial charge in [-0.1, -0.05) is 24.3 Å². The molecule has 0 saturated heterocycles. The zero-order valence-electron chi connectivity index (χ0n) is 21.7. The van der Waals surface area contributed by atoms with Crippen molar-refractivity contribution < 1.29 is 38.4 Å². The minimum Gasteiger partial charge on any atom is -0.506 e. The maximum absolute atomic E-state index is 13.6. The molecule has 10 heteroatoms. The fourth-order valence-electron chi connectivity index (χ4n) is 4.49. The van der Waals surface area contributed by atoms with Crippen LogP contribution in [0.25, 0.3) is 11.0 Å². The number of anilines is 1. The van der Waals surface area contributed by atoms with E-state index in [1.807, 2.05) is 6.92 Å². The number of hydrogen-bond donors (Lipinski definition) is 3. The highest BCUT2D eigenvalue weighted by molar-refractivity contribution is 6.03. The van der Waals surface area contributed by atoms with E-state index in [-0.39, 0.29) is 41.8 Å². The van der Waals surface area contributed by atoms with Crippen molar-refractivity contribution in [2.45, 2.75) is 25.6 Å². The standard InChI is InChI=1S/C29H33NO9/c1-2-37-29-19(11-13-35-15-16-36-14-12-31)21(22-18-38-25-10-6-3-7-20(25)27(22)33)17-26(39-29)28(34)30-23-8-4-5-9-24(23)32/h3-10,17-19,21,29,31-32H,2,11-16H2,1H3,(H,30,34). The average Bonchev–Trinajstić information content (AvgIpc) is 2.95. The Balaban J connectivity index is 1.65. The Morgan fingerprint density at radius 2 is 1.77 bits per heavy atom. The number of allylic oxidation sites excluding steroid dienone is 1. The van der Waals surface area contributed by atoms with Crippen LogP contribution in [-0.2, 0) is 23.7 Å². The molecule has 10 nitrogen and oxygen atoms in total. The van der Waals surface area contributed by atoms with E-state index in [1.54, 1.807) is 48.5 Å². The molecule has 39 heavy (non-hydrogen) atoms. The molecule has 0 saturated carbocycles. The summed E-state index contributed by atoms with van der Waals surface area (Å²) in [7, 11) is 0. The van der Waals surface area contributed by atoms with Crippen LogP contribution in [0.1, 0.15) is 24.8 Å². The number of carbonyl (C=O) groups excluding carboxylic acids is 1. The number of phenols is 1. The Hall–Kier alpha value is -3.70. The van der Waals surface area contributed by atoms with Crippen molar-refractivity contribution in [3.8, 4) is 5.75 Å². The number of aliphatic hydroxyl groups excluding tert-OH is 1. The van der Waals surface area contributed by atoms with Crippen molar-refractivity contribution in [2.75, 3.05) is 45.0 Å². The minimum atomic E-state index is -0.852. The summed E-state index contributed by atoms with van der Waals surface area (Å²) in [5.74, 6) is -1.69. The summed E-state index contributed by atoms with van der Waals surface area (Å²) in [5, 5.41) is 22.0. The Labute approximate surface area is 225 Å². The zero-order chi connectivity index (χ0) is 27.6. The predicted molar refractivity (Wildman–Crippen MR) is 143 cm³/mol. The van der Waals surface area contributed by atoms with Crippen LogP contribution in [0.15, 0.2) is 75.8 Å². The van der Waals surface area contributed by atoms with Crippen molar-refractivity contribution in [3.63, 3.8) is 0 Å². The topological polar surface area (TPSA) is 137 Å². The summed E-state index contributed by atoms with van der Waals surface area (Å²) in [6, 6.07) is 13.3. The second-order valence-electron chi connectivity index (χ2n) is 8.89. The van der Waals surface area contributed by atoms with Gasteiger partial charge in [-0.25, -0.2) is 0 Å². The van der Waals surface area contributed by atoms with Gasteiger partial charge in [-0.05, 0) is 43.7 Å². The number of rotatable bonds is 13. The first-order valence-electron chi connectivity index (χ1n) is 12.9. The highest BCUT2D eigenvalue weighted by Crippen LogP contribution is 2.38. The molecule has 0 spiro atoms. The molecule has 4 rings (SSSR count).